The lowest BCUT2D eigenvalue weighted by molar-refractivity contribution is -0.116. The molecule has 0 aliphatic heterocycles. The summed E-state index contributed by atoms with van der Waals surface area (Å²) in [4.78, 5) is 11.8. The molecule has 2 aromatic rings. The number of nitrogens with zero attached hydrogens (tertiary/aromatic N) is 2. The van der Waals surface area contributed by atoms with Gasteiger partial charge in [0.2, 0.25) is 5.91 Å². The van der Waals surface area contributed by atoms with Gasteiger partial charge >= 0.3 is 0 Å². The SMILES string of the molecule is Nc1ccc(NC(=O)CCn2cc(I)cn2)c(Cl)c1. The van der Waals surface area contributed by atoms with E-state index in [4.69, 9.17) is 17.3 Å². The van der Waals surface area contributed by atoms with Crippen molar-refractivity contribution in [3.05, 3.63) is 39.2 Å². The van der Waals surface area contributed by atoms with Gasteiger partial charge in [-0.05, 0) is 40.8 Å². The molecule has 100 valence electrons. The minimum absolute atomic E-state index is 0.114. The maximum Gasteiger partial charge on any atom is 0.226 e. The van der Waals surface area contributed by atoms with Gasteiger partial charge in [-0.25, -0.2) is 0 Å². The van der Waals surface area contributed by atoms with Crippen LogP contribution < -0.4 is 11.1 Å². The molecule has 0 saturated carbocycles. The first kappa shape index (κ1) is 14.1. The molecule has 0 fully saturated rings. The Kier molecular flexibility index (Phi) is 4.65. The van der Waals surface area contributed by atoms with Gasteiger partial charge in [-0.15, -0.1) is 0 Å². The van der Waals surface area contributed by atoms with Crippen molar-refractivity contribution >= 4 is 51.5 Å². The minimum atomic E-state index is -0.114. The summed E-state index contributed by atoms with van der Waals surface area (Å²) in [5.41, 5.74) is 6.72. The van der Waals surface area contributed by atoms with E-state index in [1.807, 2.05) is 6.20 Å². The van der Waals surface area contributed by atoms with Gasteiger partial charge in [-0.2, -0.15) is 5.10 Å². The molecule has 1 aromatic carbocycles. The lowest BCUT2D eigenvalue weighted by atomic mass is 10.2. The number of rotatable bonds is 4. The number of aryl methyl sites for hydroxylation is 1. The number of hydrogen-bond acceptors (Lipinski definition) is 3. The molecule has 0 bridgehead atoms. The van der Waals surface area contributed by atoms with E-state index in [2.05, 4.69) is 33.0 Å². The highest BCUT2D eigenvalue weighted by atomic mass is 127. The Hall–Kier alpha value is -1.28. The van der Waals surface area contributed by atoms with Crippen LogP contribution in [0.2, 0.25) is 5.02 Å². The average molecular weight is 391 g/mol. The number of halogens is 2. The quantitative estimate of drug-likeness (QED) is 0.623. The first-order valence-corrected chi connectivity index (χ1v) is 7.03. The van der Waals surface area contributed by atoms with Gasteiger partial charge in [0.1, 0.15) is 0 Å². The van der Waals surface area contributed by atoms with Crippen LogP contribution in [-0.2, 0) is 11.3 Å². The van der Waals surface area contributed by atoms with E-state index in [1.54, 1.807) is 29.1 Å². The minimum Gasteiger partial charge on any atom is -0.399 e. The van der Waals surface area contributed by atoms with Crippen molar-refractivity contribution in [2.45, 2.75) is 13.0 Å². The fraction of sp³-hybridized carbons (Fsp3) is 0.167. The second-order valence-electron chi connectivity index (χ2n) is 3.96. The number of hydrogen-bond donors (Lipinski definition) is 2. The lowest BCUT2D eigenvalue weighted by Gasteiger charge is -2.07. The highest BCUT2D eigenvalue weighted by molar-refractivity contribution is 14.1. The summed E-state index contributed by atoms with van der Waals surface area (Å²) in [6, 6.07) is 4.98. The predicted octanol–water partition coefficient (Wildman–Crippen LogP) is 2.75. The van der Waals surface area contributed by atoms with Crippen LogP contribution in [0.15, 0.2) is 30.6 Å². The fourth-order valence-electron chi connectivity index (χ4n) is 1.52. The summed E-state index contributed by atoms with van der Waals surface area (Å²) >= 11 is 8.15. The van der Waals surface area contributed by atoms with Crippen LogP contribution in [0.25, 0.3) is 0 Å². The topological polar surface area (TPSA) is 72.9 Å². The van der Waals surface area contributed by atoms with Crippen LogP contribution in [-0.4, -0.2) is 15.7 Å². The van der Waals surface area contributed by atoms with Crippen LogP contribution in [0, 0.1) is 3.57 Å². The Labute approximate surface area is 129 Å². The zero-order valence-electron chi connectivity index (χ0n) is 9.94. The predicted molar refractivity (Wildman–Crippen MR) is 84.1 cm³/mol. The van der Waals surface area contributed by atoms with Crippen molar-refractivity contribution < 1.29 is 4.79 Å². The van der Waals surface area contributed by atoms with E-state index < -0.39 is 0 Å². The molecule has 3 N–H and O–H groups in total. The van der Waals surface area contributed by atoms with E-state index in [0.29, 0.717) is 29.4 Å². The molecule has 19 heavy (non-hydrogen) atoms. The first-order valence-electron chi connectivity index (χ1n) is 5.57. The number of carbonyl (C=O) groups excluding carboxylic acids is 1. The van der Waals surface area contributed by atoms with Crippen molar-refractivity contribution in [3.8, 4) is 0 Å². The maximum atomic E-state index is 11.8. The molecule has 7 heteroatoms. The number of nitrogens with one attached hydrogen (secondary N) is 1. The van der Waals surface area contributed by atoms with Crippen molar-refractivity contribution in [1.82, 2.24) is 9.78 Å². The second kappa shape index (κ2) is 6.25. The monoisotopic (exact) mass is 390 g/mol. The molecule has 1 heterocycles. The van der Waals surface area contributed by atoms with Gasteiger partial charge in [-0.3, -0.25) is 9.48 Å². The van der Waals surface area contributed by atoms with Gasteiger partial charge < -0.3 is 11.1 Å². The lowest BCUT2D eigenvalue weighted by Crippen LogP contribution is -2.15. The molecule has 5 nitrogen and oxygen atoms in total. The molecular weight excluding hydrogens is 379 g/mol. The van der Waals surface area contributed by atoms with E-state index in [-0.39, 0.29) is 5.91 Å². The molecule has 0 aliphatic rings. The Morgan fingerprint density at radius 2 is 2.32 bits per heavy atom. The molecule has 1 aromatic heterocycles. The van der Waals surface area contributed by atoms with Gasteiger partial charge in [0.05, 0.1) is 20.5 Å². The Morgan fingerprint density at radius 1 is 1.53 bits per heavy atom. The zero-order chi connectivity index (χ0) is 13.8. The first-order chi connectivity index (χ1) is 9.04. The van der Waals surface area contributed by atoms with Crippen molar-refractivity contribution in [2.24, 2.45) is 0 Å². The fourth-order valence-corrected chi connectivity index (χ4v) is 2.20. The largest absolute Gasteiger partial charge is 0.399 e. The number of nitrogen functional groups attached to an aromatic ring is 1. The van der Waals surface area contributed by atoms with Crippen molar-refractivity contribution in [1.29, 1.82) is 0 Å². The molecular formula is C12H12ClIN4O. The number of benzene rings is 1. The average Bonchev–Trinajstić information content (AvgIpc) is 2.76. The molecule has 1 amide bonds. The number of anilines is 2. The summed E-state index contributed by atoms with van der Waals surface area (Å²) < 4.78 is 2.77. The second-order valence-corrected chi connectivity index (χ2v) is 5.61. The van der Waals surface area contributed by atoms with E-state index in [9.17, 15) is 4.79 Å². The van der Waals surface area contributed by atoms with Crippen LogP contribution in [0.1, 0.15) is 6.42 Å². The number of carbonyl (C=O) groups is 1. The molecule has 0 aliphatic carbocycles. The third-order valence-corrected chi connectivity index (χ3v) is 3.31. The Morgan fingerprint density at radius 3 is 2.95 bits per heavy atom. The Bertz CT molecular complexity index is 599. The highest BCUT2D eigenvalue weighted by Crippen LogP contribution is 2.24. The molecule has 0 unspecified atom stereocenters. The molecule has 0 atom stereocenters. The summed E-state index contributed by atoms with van der Waals surface area (Å²) in [5.74, 6) is -0.114. The van der Waals surface area contributed by atoms with Gasteiger partial charge in [0.25, 0.3) is 0 Å². The van der Waals surface area contributed by atoms with Crippen molar-refractivity contribution in [3.63, 3.8) is 0 Å². The van der Waals surface area contributed by atoms with E-state index >= 15 is 0 Å². The van der Waals surface area contributed by atoms with Gasteiger partial charge in [0, 0.05) is 24.8 Å². The zero-order valence-corrected chi connectivity index (χ0v) is 12.9. The summed E-state index contributed by atoms with van der Waals surface area (Å²) in [6.45, 7) is 0.529. The Balaban J connectivity index is 1.90. The molecule has 0 spiro atoms. The van der Waals surface area contributed by atoms with Crippen LogP contribution in [0.3, 0.4) is 0 Å². The number of amides is 1. The van der Waals surface area contributed by atoms with Gasteiger partial charge in [0.15, 0.2) is 0 Å². The van der Waals surface area contributed by atoms with Crippen molar-refractivity contribution in [2.75, 3.05) is 11.1 Å². The van der Waals surface area contributed by atoms with Crippen LogP contribution >= 0.6 is 34.2 Å². The highest BCUT2D eigenvalue weighted by Gasteiger charge is 2.06. The third-order valence-electron chi connectivity index (χ3n) is 2.44. The van der Waals surface area contributed by atoms with Gasteiger partial charge in [-0.1, -0.05) is 11.6 Å². The standard InChI is InChI=1S/C12H12ClIN4O/c13-10-5-9(15)1-2-11(10)17-12(19)3-4-18-7-8(14)6-16-18/h1-2,5-7H,3-4,15H2,(H,17,19). The van der Waals surface area contributed by atoms with E-state index in [1.165, 1.54) is 0 Å². The normalized spacial score (nSPS) is 10.4. The van der Waals surface area contributed by atoms with Crippen LogP contribution in [0.5, 0.6) is 0 Å². The number of nitrogens with two attached hydrogens (primary N) is 1. The molecule has 0 radical (unpaired) electrons. The summed E-state index contributed by atoms with van der Waals surface area (Å²) in [5, 5.41) is 7.29. The number of aromatic nitrogens is 2. The van der Waals surface area contributed by atoms with E-state index in [0.717, 1.165) is 3.57 Å². The summed E-state index contributed by atoms with van der Waals surface area (Å²) in [6.07, 6.45) is 3.96. The molecule has 2 rings (SSSR count). The molecule has 0 saturated heterocycles. The smallest absolute Gasteiger partial charge is 0.226 e. The summed E-state index contributed by atoms with van der Waals surface area (Å²) in [7, 11) is 0. The third kappa shape index (κ3) is 4.10. The van der Waals surface area contributed by atoms with Crippen LogP contribution in [0.4, 0.5) is 11.4 Å². The maximum absolute atomic E-state index is 11.8.